The van der Waals surface area contributed by atoms with Gasteiger partial charge in [0.25, 0.3) is 11.8 Å². The number of pyridine rings is 1. The van der Waals surface area contributed by atoms with Gasteiger partial charge in [0.15, 0.2) is 0 Å². The summed E-state index contributed by atoms with van der Waals surface area (Å²) < 4.78 is 38.0. The largest absolute Gasteiger partial charge is 0.490 e. The number of aromatic nitrogens is 1. The minimum Gasteiger partial charge on any atom is -0.490 e. The number of amides is 2. The number of hydrogen-bond acceptors (Lipinski definition) is 5. The van der Waals surface area contributed by atoms with E-state index >= 15 is 0 Å². The molecule has 0 radical (unpaired) electrons. The zero-order chi connectivity index (χ0) is 27.2. The molecule has 2 aliphatic rings. The summed E-state index contributed by atoms with van der Waals surface area (Å²) in [4.78, 5) is 31.7. The van der Waals surface area contributed by atoms with Gasteiger partial charge in [-0.1, -0.05) is 0 Å². The molecule has 0 unspecified atom stereocenters. The number of hydrogen-bond donors (Lipinski definition) is 1. The van der Waals surface area contributed by atoms with E-state index in [2.05, 4.69) is 10.3 Å². The molecule has 0 atom stereocenters. The van der Waals surface area contributed by atoms with Crippen molar-refractivity contribution in [2.24, 2.45) is 0 Å². The fourth-order valence-electron chi connectivity index (χ4n) is 5.01. The number of likely N-dealkylation sites (tertiary alicyclic amines) is 1. The molecular formula is C30H31F2N3O4. The van der Waals surface area contributed by atoms with Crippen LogP contribution in [0.25, 0.3) is 0 Å². The van der Waals surface area contributed by atoms with Gasteiger partial charge in [-0.25, -0.2) is 8.78 Å². The van der Waals surface area contributed by atoms with Crippen LogP contribution >= 0.6 is 0 Å². The van der Waals surface area contributed by atoms with Crippen LogP contribution in [0.1, 0.15) is 59.4 Å². The lowest BCUT2D eigenvalue weighted by Gasteiger charge is -2.32. The summed E-state index contributed by atoms with van der Waals surface area (Å²) in [6.45, 7) is 1.08. The van der Waals surface area contributed by atoms with E-state index in [9.17, 15) is 18.4 Å². The molecule has 2 fully saturated rings. The minimum atomic E-state index is -0.308. The third-order valence-corrected chi connectivity index (χ3v) is 7.21. The Bertz CT molecular complexity index is 1250. The standard InChI is InChI=1S/C30H31F2N3O4/c31-21-2-8-24(9-3-21)38-26-12-6-23(7-13-26)34-29(36)28-14-1-20(19-33-28)30(37)35-17-15-27(16-18-35)39-25-10-4-22(32)5-11-25/h1-5,8-11,14,19,23,26-27H,6-7,12-13,15-18H2,(H,34,36)/t23-,26+. The number of nitrogens with one attached hydrogen (secondary N) is 1. The van der Waals surface area contributed by atoms with Crippen molar-refractivity contribution >= 4 is 11.8 Å². The summed E-state index contributed by atoms with van der Waals surface area (Å²) in [5.74, 6) is 0.257. The molecule has 2 heterocycles. The highest BCUT2D eigenvalue weighted by Crippen LogP contribution is 2.25. The van der Waals surface area contributed by atoms with Crippen molar-refractivity contribution < 1.29 is 27.8 Å². The summed E-state index contributed by atoms with van der Waals surface area (Å²) >= 11 is 0. The van der Waals surface area contributed by atoms with E-state index in [4.69, 9.17) is 9.47 Å². The molecule has 1 aliphatic carbocycles. The SMILES string of the molecule is O=C(N[C@H]1CC[C@@H](Oc2ccc(F)cc2)CC1)c1ccc(C(=O)N2CCC(Oc3ccc(F)cc3)CC2)cn1. The van der Waals surface area contributed by atoms with Gasteiger partial charge in [-0.3, -0.25) is 14.6 Å². The Balaban J connectivity index is 1.05. The summed E-state index contributed by atoms with van der Waals surface area (Å²) in [6.07, 6.45) is 5.92. The first-order valence-electron chi connectivity index (χ1n) is 13.3. The number of halogens is 2. The quantitative estimate of drug-likeness (QED) is 0.452. The maximum atomic E-state index is 13.1. The molecule has 3 aromatic rings. The maximum Gasteiger partial charge on any atom is 0.270 e. The van der Waals surface area contributed by atoms with Crippen LogP contribution in [-0.2, 0) is 0 Å². The molecule has 1 saturated heterocycles. The van der Waals surface area contributed by atoms with E-state index in [0.29, 0.717) is 43.0 Å². The fraction of sp³-hybridized carbons (Fsp3) is 0.367. The minimum absolute atomic E-state index is 0.0205. The molecular weight excluding hydrogens is 504 g/mol. The Kier molecular flexibility index (Phi) is 8.34. The molecule has 5 rings (SSSR count). The van der Waals surface area contributed by atoms with Gasteiger partial charge in [0.2, 0.25) is 0 Å². The van der Waals surface area contributed by atoms with Crippen LogP contribution in [0, 0.1) is 11.6 Å². The maximum absolute atomic E-state index is 13.1. The number of rotatable bonds is 7. The van der Waals surface area contributed by atoms with Gasteiger partial charge in [-0.05, 0) is 86.3 Å². The van der Waals surface area contributed by atoms with Crippen molar-refractivity contribution in [2.75, 3.05) is 13.1 Å². The normalized spacial score (nSPS) is 19.8. The Labute approximate surface area is 226 Å². The molecule has 1 aliphatic heterocycles. The first-order valence-corrected chi connectivity index (χ1v) is 13.3. The summed E-state index contributed by atoms with van der Waals surface area (Å²) in [5, 5.41) is 3.03. The van der Waals surface area contributed by atoms with Gasteiger partial charge < -0.3 is 19.7 Å². The number of carbonyl (C=O) groups excluding carboxylic acids is 2. The Morgan fingerprint density at radius 2 is 1.28 bits per heavy atom. The molecule has 1 saturated carbocycles. The van der Waals surface area contributed by atoms with Crippen molar-refractivity contribution in [2.45, 2.75) is 56.8 Å². The van der Waals surface area contributed by atoms with Crippen molar-refractivity contribution in [3.63, 3.8) is 0 Å². The molecule has 9 heteroatoms. The summed E-state index contributed by atoms with van der Waals surface area (Å²) in [7, 11) is 0. The predicted octanol–water partition coefficient (Wildman–Crippen LogP) is 5.16. The lowest BCUT2D eigenvalue weighted by Crippen LogP contribution is -2.42. The molecule has 39 heavy (non-hydrogen) atoms. The van der Waals surface area contributed by atoms with E-state index in [-0.39, 0.29) is 47.4 Å². The van der Waals surface area contributed by atoms with E-state index in [1.165, 1.54) is 30.5 Å². The lowest BCUT2D eigenvalue weighted by molar-refractivity contribution is 0.0594. The van der Waals surface area contributed by atoms with Gasteiger partial charge in [-0.2, -0.15) is 0 Å². The third-order valence-electron chi connectivity index (χ3n) is 7.21. The number of ether oxygens (including phenoxy) is 2. The van der Waals surface area contributed by atoms with Crippen molar-refractivity contribution in [3.8, 4) is 11.5 Å². The second-order valence-electron chi connectivity index (χ2n) is 10.0. The third kappa shape index (κ3) is 7.10. The van der Waals surface area contributed by atoms with Gasteiger partial charge in [-0.15, -0.1) is 0 Å². The van der Waals surface area contributed by atoms with Crippen molar-refractivity contribution in [3.05, 3.63) is 89.8 Å². The van der Waals surface area contributed by atoms with Gasteiger partial charge in [0, 0.05) is 38.2 Å². The van der Waals surface area contributed by atoms with E-state index < -0.39 is 0 Å². The highest BCUT2D eigenvalue weighted by atomic mass is 19.1. The van der Waals surface area contributed by atoms with Gasteiger partial charge in [0.05, 0.1) is 11.7 Å². The van der Waals surface area contributed by atoms with Crippen LogP contribution in [0.3, 0.4) is 0 Å². The van der Waals surface area contributed by atoms with E-state index in [1.807, 2.05) is 0 Å². The van der Waals surface area contributed by atoms with Crippen LogP contribution in [0.4, 0.5) is 8.78 Å². The number of piperidine rings is 1. The topological polar surface area (TPSA) is 80.8 Å². The lowest BCUT2D eigenvalue weighted by atomic mass is 9.92. The molecule has 2 aromatic carbocycles. The van der Waals surface area contributed by atoms with Crippen molar-refractivity contribution in [1.82, 2.24) is 15.2 Å². The average molecular weight is 536 g/mol. The van der Waals surface area contributed by atoms with E-state index in [0.717, 1.165) is 25.7 Å². The monoisotopic (exact) mass is 535 g/mol. The average Bonchev–Trinajstić information content (AvgIpc) is 2.96. The van der Waals surface area contributed by atoms with Gasteiger partial charge >= 0.3 is 0 Å². The fourth-order valence-corrected chi connectivity index (χ4v) is 5.01. The summed E-state index contributed by atoms with van der Waals surface area (Å²) in [6, 6.07) is 15.2. The zero-order valence-corrected chi connectivity index (χ0v) is 21.5. The molecule has 0 spiro atoms. The number of nitrogens with zero attached hydrogens (tertiary/aromatic N) is 2. The molecule has 0 bridgehead atoms. The molecule has 204 valence electrons. The Morgan fingerprint density at radius 3 is 1.79 bits per heavy atom. The summed E-state index contributed by atoms with van der Waals surface area (Å²) in [5.41, 5.74) is 0.700. The zero-order valence-electron chi connectivity index (χ0n) is 21.5. The van der Waals surface area contributed by atoms with Crippen LogP contribution in [0.5, 0.6) is 11.5 Å². The molecule has 7 nitrogen and oxygen atoms in total. The van der Waals surface area contributed by atoms with Crippen LogP contribution < -0.4 is 14.8 Å². The highest BCUT2D eigenvalue weighted by Gasteiger charge is 2.26. The van der Waals surface area contributed by atoms with Crippen LogP contribution in [-0.4, -0.2) is 53.0 Å². The number of carbonyl (C=O) groups is 2. The second-order valence-corrected chi connectivity index (χ2v) is 10.0. The second kappa shape index (κ2) is 12.2. The van der Waals surface area contributed by atoms with Crippen LogP contribution in [0.2, 0.25) is 0 Å². The highest BCUT2D eigenvalue weighted by molar-refractivity contribution is 5.96. The Morgan fingerprint density at radius 1 is 0.744 bits per heavy atom. The molecule has 2 amide bonds. The van der Waals surface area contributed by atoms with Gasteiger partial charge in [0.1, 0.15) is 34.9 Å². The Hall–Kier alpha value is -4.01. The predicted molar refractivity (Wildman–Crippen MR) is 141 cm³/mol. The van der Waals surface area contributed by atoms with Crippen LogP contribution in [0.15, 0.2) is 66.9 Å². The molecule has 1 aromatic heterocycles. The van der Waals surface area contributed by atoms with Crippen molar-refractivity contribution in [1.29, 1.82) is 0 Å². The smallest absolute Gasteiger partial charge is 0.270 e. The molecule has 1 N–H and O–H groups in total. The number of benzene rings is 2. The first kappa shape index (κ1) is 26.6. The van der Waals surface area contributed by atoms with E-state index in [1.54, 1.807) is 41.3 Å². The first-order chi connectivity index (χ1) is 18.9.